The molecule has 0 bridgehead atoms. The molecular formula is C22H23NO3. The standard InChI is InChI=1S/C22H23NO3/c1-15-8-4-7-11-20(15)26-14-16(2)23-22(24)19-12-17-9-5-6-10-18(17)13-21(19)25-3/h4-13,16H,14H2,1-3H3,(H,23,24). The van der Waals surface area contributed by atoms with Gasteiger partial charge in [0.1, 0.15) is 18.1 Å². The second-order valence-electron chi connectivity index (χ2n) is 6.35. The summed E-state index contributed by atoms with van der Waals surface area (Å²) in [6.45, 7) is 4.31. The van der Waals surface area contributed by atoms with Crippen LogP contribution >= 0.6 is 0 Å². The van der Waals surface area contributed by atoms with Gasteiger partial charge in [-0.1, -0.05) is 42.5 Å². The number of methoxy groups -OCH3 is 1. The summed E-state index contributed by atoms with van der Waals surface area (Å²) in [5, 5.41) is 5.02. The van der Waals surface area contributed by atoms with Crippen molar-refractivity contribution in [3.63, 3.8) is 0 Å². The highest BCUT2D eigenvalue weighted by atomic mass is 16.5. The van der Waals surface area contributed by atoms with E-state index in [-0.39, 0.29) is 11.9 Å². The molecule has 4 nitrogen and oxygen atoms in total. The van der Waals surface area contributed by atoms with E-state index in [2.05, 4.69) is 5.32 Å². The number of carbonyl (C=O) groups is 1. The topological polar surface area (TPSA) is 47.6 Å². The molecule has 0 aliphatic heterocycles. The van der Waals surface area contributed by atoms with Gasteiger partial charge in [0.25, 0.3) is 5.91 Å². The van der Waals surface area contributed by atoms with Gasteiger partial charge in [-0.2, -0.15) is 0 Å². The minimum atomic E-state index is -0.173. The lowest BCUT2D eigenvalue weighted by atomic mass is 10.1. The van der Waals surface area contributed by atoms with Gasteiger partial charge in [-0.15, -0.1) is 0 Å². The molecule has 4 heteroatoms. The first kappa shape index (κ1) is 17.8. The number of hydrogen-bond donors (Lipinski definition) is 1. The number of nitrogens with one attached hydrogen (secondary N) is 1. The van der Waals surface area contributed by atoms with Crippen LogP contribution in [0.25, 0.3) is 10.8 Å². The van der Waals surface area contributed by atoms with E-state index in [0.717, 1.165) is 22.1 Å². The average molecular weight is 349 g/mol. The Kier molecular flexibility index (Phi) is 5.42. The molecule has 0 saturated carbocycles. The Bertz CT molecular complexity index is 920. The first-order valence-electron chi connectivity index (χ1n) is 8.64. The van der Waals surface area contributed by atoms with Crippen LogP contribution in [0.1, 0.15) is 22.8 Å². The molecule has 0 aliphatic rings. The SMILES string of the molecule is COc1cc2ccccc2cc1C(=O)NC(C)COc1ccccc1C. The Morgan fingerprint density at radius 3 is 2.35 bits per heavy atom. The number of fused-ring (bicyclic) bond motifs is 1. The van der Waals surface area contributed by atoms with E-state index < -0.39 is 0 Å². The zero-order chi connectivity index (χ0) is 18.5. The van der Waals surface area contributed by atoms with Crippen molar-refractivity contribution < 1.29 is 14.3 Å². The first-order chi connectivity index (χ1) is 12.6. The maximum Gasteiger partial charge on any atom is 0.255 e. The second kappa shape index (κ2) is 7.91. The summed E-state index contributed by atoms with van der Waals surface area (Å²) in [5.41, 5.74) is 1.59. The van der Waals surface area contributed by atoms with E-state index in [1.54, 1.807) is 7.11 Å². The molecule has 134 valence electrons. The van der Waals surface area contributed by atoms with Crippen molar-refractivity contribution >= 4 is 16.7 Å². The predicted octanol–water partition coefficient (Wildman–Crippen LogP) is 4.35. The number of rotatable bonds is 6. The molecule has 0 spiro atoms. The predicted molar refractivity (Wildman–Crippen MR) is 104 cm³/mol. The lowest BCUT2D eigenvalue weighted by molar-refractivity contribution is 0.0923. The van der Waals surface area contributed by atoms with Gasteiger partial charge >= 0.3 is 0 Å². The van der Waals surface area contributed by atoms with Crippen molar-refractivity contribution in [2.75, 3.05) is 13.7 Å². The Hall–Kier alpha value is -3.01. The summed E-state index contributed by atoms with van der Waals surface area (Å²) >= 11 is 0. The highest BCUT2D eigenvalue weighted by molar-refractivity contribution is 6.01. The number of amides is 1. The fourth-order valence-electron chi connectivity index (χ4n) is 2.84. The molecule has 1 unspecified atom stereocenters. The molecule has 3 rings (SSSR count). The quantitative estimate of drug-likeness (QED) is 0.719. The van der Waals surface area contributed by atoms with E-state index >= 15 is 0 Å². The zero-order valence-electron chi connectivity index (χ0n) is 15.3. The number of para-hydroxylation sites is 1. The molecule has 3 aromatic rings. The van der Waals surface area contributed by atoms with Crippen LogP contribution in [0.3, 0.4) is 0 Å². The summed E-state index contributed by atoms with van der Waals surface area (Å²) in [6, 6.07) is 19.3. The van der Waals surface area contributed by atoms with Crippen LogP contribution in [-0.2, 0) is 0 Å². The highest BCUT2D eigenvalue weighted by Crippen LogP contribution is 2.26. The fraction of sp³-hybridized carbons (Fsp3) is 0.227. The van der Waals surface area contributed by atoms with Gasteiger partial charge < -0.3 is 14.8 Å². The monoisotopic (exact) mass is 349 g/mol. The third-order valence-electron chi connectivity index (χ3n) is 4.27. The van der Waals surface area contributed by atoms with Crippen molar-refractivity contribution in [3.05, 3.63) is 71.8 Å². The molecular weight excluding hydrogens is 326 g/mol. The summed E-state index contributed by atoms with van der Waals surface area (Å²) in [5.74, 6) is 1.22. The van der Waals surface area contributed by atoms with Gasteiger partial charge in [-0.3, -0.25) is 4.79 Å². The van der Waals surface area contributed by atoms with Crippen LogP contribution in [0.5, 0.6) is 11.5 Å². The van der Waals surface area contributed by atoms with Crippen LogP contribution in [0, 0.1) is 6.92 Å². The normalized spacial score (nSPS) is 11.8. The van der Waals surface area contributed by atoms with E-state index in [1.165, 1.54) is 0 Å². The molecule has 1 atom stereocenters. The van der Waals surface area contributed by atoms with E-state index in [0.29, 0.717) is 17.9 Å². The lowest BCUT2D eigenvalue weighted by Crippen LogP contribution is -2.37. The average Bonchev–Trinajstić information content (AvgIpc) is 2.66. The Morgan fingerprint density at radius 1 is 1.00 bits per heavy atom. The van der Waals surface area contributed by atoms with Crippen molar-refractivity contribution in [1.82, 2.24) is 5.32 Å². The van der Waals surface area contributed by atoms with Crippen LogP contribution in [0.4, 0.5) is 0 Å². The first-order valence-corrected chi connectivity index (χ1v) is 8.64. The molecule has 0 fully saturated rings. The minimum absolute atomic E-state index is 0.140. The van der Waals surface area contributed by atoms with Gasteiger partial charge in [0.15, 0.2) is 0 Å². The van der Waals surface area contributed by atoms with Crippen molar-refractivity contribution in [2.45, 2.75) is 19.9 Å². The molecule has 1 N–H and O–H groups in total. The molecule has 0 aromatic heterocycles. The number of hydrogen-bond acceptors (Lipinski definition) is 3. The minimum Gasteiger partial charge on any atom is -0.496 e. The molecule has 0 aliphatic carbocycles. The molecule has 0 heterocycles. The number of carbonyl (C=O) groups excluding carboxylic acids is 1. The lowest BCUT2D eigenvalue weighted by Gasteiger charge is -2.17. The third-order valence-corrected chi connectivity index (χ3v) is 4.27. The fourth-order valence-corrected chi connectivity index (χ4v) is 2.84. The van der Waals surface area contributed by atoms with Gasteiger partial charge in [-0.05, 0) is 48.4 Å². The summed E-state index contributed by atoms with van der Waals surface area (Å²) < 4.78 is 11.2. The number of ether oxygens (including phenoxy) is 2. The smallest absolute Gasteiger partial charge is 0.255 e. The summed E-state index contributed by atoms with van der Waals surface area (Å²) in [4.78, 5) is 12.7. The van der Waals surface area contributed by atoms with Crippen LogP contribution in [-0.4, -0.2) is 25.7 Å². The molecule has 26 heavy (non-hydrogen) atoms. The Labute approximate surface area is 153 Å². The van der Waals surface area contributed by atoms with Gasteiger partial charge in [-0.25, -0.2) is 0 Å². The van der Waals surface area contributed by atoms with Gasteiger partial charge in [0.05, 0.1) is 18.7 Å². The zero-order valence-corrected chi connectivity index (χ0v) is 15.3. The maximum atomic E-state index is 12.7. The van der Waals surface area contributed by atoms with Gasteiger partial charge in [0.2, 0.25) is 0 Å². The molecule has 0 saturated heterocycles. The molecule has 1 amide bonds. The third kappa shape index (κ3) is 3.97. The van der Waals surface area contributed by atoms with Crippen LogP contribution in [0.2, 0.25) is 0 Å². The largest absolute Gasteiger partial charge is 0.496 e. The summed E-state index contributed by atoms with van der Waals surface area (Å²) in [6.07, 6.45) is 0. The summed E-state index contributed by atoms with van der Waals surface area (Å²) in [7, 11) is 1.58. The molecule has 0 radical (unpaired) electrons. The number of benzene rings is 3. The van der Waals surface area contributed by atoms with Gasteiger partial charge in [0, 0.05) is 0 Å². The Morgan fingerprint density at radius 2 is 1.65 bits per heavy atom. The van der Waals surface area contributed by atoms with Crippen molar-refractivity contribution in [1.29, 1.82) is 0 Å². The van der Waals surface area contributed by atoms with E-state index in [9.17, 15) is 4.79 Å². The second-order valence-corrected chi connectivity index (χ2v) is 6.35. The van der Waals surface area contributed by atoms with Crippen LogP contribution in [0.15, 0.2) is 60.7 Å². The highest BCUT2D eigenvalue weighted by Gasteiger charge is 2.16. The Balaban J connectivity index is 1.71. The molecule has 3 aromatic carbocycles. The maximum absolute atomic E-state index is 12.7. The van der Waals surface area contributed by atoms with E-state index in [4.69, 9.17) is 9.47 Å². The number of aryl methyl sites for hydroxylation is 1. The van der Waals surface area contributed by atoms with E-state index in [1.807, 2.05) is 74.5 Å². The van der Waals surface area contributed by atoms with Crippen LogP contribution < -0.4 is 14.8 Å². The van der Waals surface area contributed by atoms with Crippen molar-refractivity contribution in [3.8, 4) is 11.5 Å². The van der Waals surface area contributed by atoms with Crippen molar-refractivity contribution in [2.24, 2.45) is 0 Å².